The Hall–Kier alpha value is -6.12. The van der Waals surface area contributed by atoms with Crippen LogP contribution < -0.4 is 49.1 Å². The van der Waals surface area contributed by atoms with Crippen LogP contribution in [0.5, 0.6) is 5.75 Å². The Labute approximate surface area is 341 Å². The smallest absolute Gasteiger partial charge is 0.326 e. The number of carbonyl (C=O) groups excluding carboxylic acids is 7. The summed E-state index contributed by atoms with van der Waals surface area (Å²) in [7, 11) is 0. The Morgan fingerprint density at radius 3 is 1.81 bits per heavy atom. The zero-order chi connectivity index (χ0) is 44.1. The summed E-state index contributed by atoms with van der Waals surface area (Å²) in [5, 5.41) is 43.7. The molecule has 59 heavy (non-hydrogen) atoms. The highest BCUT2D eigenvalue weighted by Gasteiger charge is 2.32. The SMILES string of the molecule is CC(C)[C@H](NC(=O)[C@H](CO)NC(=O)[C@H](CCC(N)=O)NC(=O)[C@@H](N)Cc1ccc(O)cc1)C(=O)NCC(=O)N[C@@H](Cc1ccccc1)C(=O)N[C@@H](CCCCN)C(=O)O. The number of aliphatic carboxylic acids is 1. The molecule has 0 aromatic heterocycles. The molecule has 0 aliphatic carbocycles. The van der Waals surface area contributed by atoms with Crippen LogP contribution in [0.4, 0.5) is 0 Å². The van der Waals surface area contributed by atoms with Gasteiger partial charge in [0.2, 0.25) is 41.4 Å². The summed E-state index contributed by atoms with van der Waals surface area (Å²) in [5.41, 5.74) is 18.1. The number of primary amides is 1. The van der Waals surface area contributed by atoms with Crippen LogP contribution in [-0.2, 0) is 51.2 Å². The van der Waals surface area contributed by atoms with Crippen molar-refractivity contribution in [3.8, 4) is 5.75 Å². The van der Waals surface area contributed by atoms with Crippen molar-refractivity contribution in [1.82, 2.24) is 31.9 Å². The predicted octanol–water partition coefficient (Wildman–Crippen LogP) is -2.83. The van der Waals surface area contributed by atoms with Crippen molar-refractivity contribution in [1.29, 1.82) is 0 Å². The summed E-state index contributed by atoms with van der Waals surface area (Å²) in [6.45, 7) is 1.93. The molecule has 0 spiro atoms. The number of nitrogens with two attached hydrogens (primary N) is 3. The number of carboxylic acid groups (broad SMARTS) is 1. The molecule has 0 heterocycles. The van der Waals surface area contributed by atoms with E-state index in [4.69, 9.17) is 17.2 Å². The van der Waals surface area contributed by atoms with Crippen molar-refractivity contribution in [2.75, 3.05) is 19.7 Å². The van der Waals surface area contributed by atoms with Crippen LogP contribution in [0.3, 0.4) is 0 Å². The third kappa shape index (κ3) is 17.9. The molecule has 324 valence electrons. The maximum Gasteiger partial charge on any atom is 0.326 e. The largest absolute Gasteiger partial charge is 0.508 e. The number of rotatable bonds is 26. The molecule has 0 aliphatic rings. The second-order valence-corrected chi connectivity index (χ2v) is 14.2. The van der Waals surface area contributed by atoms with Gasteiger partial charge in [-0.05, 0) is 67.8 Å². The maximum atomic E-state index is 13.3. The van der Waals surface area contributed by atoms with E-state index in [-0.39, 0.29) is 37.9 Å². The second kappa shape index (κ2) is 25.3. The monoisotopic (exact) mass is 827 g/mol. The number of phenols is 1. The minimum absolute atomic E-state index is 0.000121. The van der Waals surface area contributed by atoms with Crippen molar-refractivity contribution in [2.45, 2.75) is 95.0 Å². The molecule has 15 N–H and O–H groups in total. The highest BCUT2D eigenvalue weighted by atomic mass is 16.4. The van der Waals surface area contributed by atoms with Crippen LogP contribution in [0.2, 0.25) is 0 Å². The summed E-state index contributed by atoms with van der Waals surface area (Å²) in [6, 6.07) is 6.63. The Bertz CT molecular complexity index is 1730. The molecular weight excluding hydrogens is 770 g/mol. The van der Waals surface area contributed by atoms with Crippen LogP contribution in [-0.4, -0.2) is 119 Å². The molecule has 0 bridgehead atoms. The van der Waals surface area contributed by atoms with Gasteiger partial charge in [-0.25, -0.2) is 4.79 Å². The van der Waals surface area contributed by atoms with E-state index >= 15 is 0 Å². The van der Waals surface area contributed by atoms with E-state index < -0.39 is 103 Å². The van der Waals surface area contributed by atoms with Gasteiger partial charge in [-0.15, -0.1) is 0 Å². The van der Waals surface area contributed by atoms with Gasteiger partial charge in [-0.1, -0.05) is 56.3 Å². The Morgan fingerprint density at radius 2 is 1.24 bits per heavy atom. The van der Waals surface area contributed by atoms with E-state index in [1.165, 1.54) is 12.1 Å². The fourth-order valence-corrected chi connectivity index (χ4v) is 5.67. The lowest BCUT2D eigenvalue weighted by Crippen LogP contribution is -2.60. The van der Waals surface area contributed by atoms with Gasteiger partial charge in [-0.2, -0.15) is 0 Å². The molecule has 0 unspecified atom stereocenters. The van der Waals surface area contributed by atoms with Gasteiger partial charge in [0.05, 0.1) is 19.2 Å². The summed E-state index contributed by atoms with van der Waals surface area (Å²) in [5.74, 6) is -7.73. The minimum atomic E-state index is -1.64. The van der Waals surface area contributed by atoms with Crippen molar-refractivity contribution < 1.29 is 53.7 Å². The molecule has 20 heteroatoms. The Kier molecular flexibility index (Phi) is 21.0. The van der Waals surface area contributed by atoms with Crippen LogP contribution >= 0.6 is 0 Å². The van der Waals surface area contributed by atoms with Crippen molar-refractivity contribution in [2.24, 2.45) is 23.1 Å². The molecule has 6 atom stereocenters. The van der Waals surface area contributed by atoms with Gasteiger partial charge in [0.15, 0.2) is 0 Å². The van der Waals surface area contributed by atoms with Gasteiger partial charge in [0.25, 0.3) is 0 Å². The predicted molar refractivity (Wildman–Crippen MR) is 213 cm³/mol. The zero-order valence-corrected chi connectivity index (χ0v) is 33.1. The molecule has 7 amide bonds. The van der Waals surface area contributed by atoms with Crippen molar-refractivity contribution >= 4 is 47.3 Å². The average Bonchev–Trinajstić information content (AvgIpc) is 3.19. The first kappa shape index (κ1) is 49.0. The van der Waals surface area contributed by atoms with E-state index in [1.807, 2.05) is 0 Å². The number of carboxylic acids is 1. The summed E-state index contributed by atoms with van der Waals surface area (Å²) >= 11 is 0. The Morgan fingerprint density at radius 1 is 0.661 bits per heavy atom. The molecule has 0 saturated heterocycles. The fourth-order valence-electron chi connectivity index (χ4n) is 5.67. The van der Waals surface area contributed by atoms with Gasteiger partial charge in [-0.3, -0.25) is 33.6 Å². The van der Waals surface area contributed by atoms with E-state index in [0.717, 1.165) is 0 Å². The van der Waals surface area contributed by atoms with Gasteiger partial charge >= 0.3 is 5.97 Å². The third-order valence-corrected chi connectivity index (χ3v) is 9.02. The number of aliphatic hydroxyl groups excluding tert-OH is 1. The number of nitrogens with one attached hydrogen (secondary N) is 6. The van der Waals surface area contributed by atoms with Gasteiger partial charge in [0, 0.05) is 12.8 Å². The first-order chi connectivity index (χ1) is 27.9. The lowest BCUT2D eigenvalue weighted by molar-refractivity contribution is -0.142. The van der Waals surface area contributed by atoms with Crippen molar-refractivity contribution in [3.05, 3.63) is 65.7 Å². The van der Waals surface area contributed by atoms with E-state index in [1.54, 1.807) is 56.3 Å². The Balaban J connectivity index is 2.09. The summed E-state index contributed by atoms with van der Waals surface area (Å²) < 4.78 is 0. The summed E-state index contributed by atoms with van der Waals surface area (Å²) in [4.78, 5) is 102. The maximum absolute atomic E-state index is 13.3. The highest BCUT2D eigenvalue weighted by Crippen LogP contribution is 2.12. The molecule has 0 saturated carbocycles. The van der Waals surface area contributed by atoms with Crippen LogP contribution in [0.1, 0.15) is 57.1 Å². The quantitative estimate of drug-likeness (QED) is 0.0426. The second-order valence-electron chi connectivity index (χ2n) is 14.2. The molecule has 2 aromatic carbocycles. The normalized spacial score (nSPS) is 14.0. The van der Waals surface area contributed by atoms with Crippen molar-refractivity contribution in [3.63, 3.8) is 0 Å². The fraction of sp³-hybridized carbons (Fsp3) is 0.487. The van der Waals surface area contributed by atoms with Gasteiger partial charge in [0.1, 0.15) is 36.0 Å². The summed E-state index contributed by atoms with van der Waals surface area (Å²) in [6.07, 6.45) is 0.540. The first-order valence-electron chi connectivity index (χ1n) is 19.1. The number of benzene rings is 2. The molecule has 0 fully saturated rings. The molecule has 20 nitrogen and oxygen atoms in total. The molecule has 0 aliphatic heterocycles. The van der Waals surface area contributed by atoms with E-state index in [9.17, 15) is 53.7 Å². The number of hydrogen-bond donors (Lipinski definition) is 12. The molecule has 2 aromatic rings. The number of hydrogen-bond acceptors (Lipinski definition) is 12. The van der Waals surface area contributed by atoms with E-state index in [0.29, 0.717) is 30.5 Å². The van der Waals surface area contributed by atoms with Gasteiger partial charge < -0.3 is 64.4 Å². The molecular formula is C39H57N9O11. The molecule has 0 radical (unpaired) electrons. The topological polar surface area (TPSA) is 347 Å². The average molecular weight is 828 g/mol. The highest BCUT2D eigenvalue weighted by molar-refractivity contribution is 5.96. The number of unbranched alkanes of at least 4 members (excludes halogenated alkanes) is 1. The zero-order valence-electron chi connectivity index (χ0n) is 33.1. The van der Waals surface area contributed by atoms with Crippen LogP contribution in [0.15, 0.2) is 54.6 Å². The van der Waals surface area contributed by atoms with Crippen LogP contribution in [0, 0.1) is 5.92 Å². The number of aliphatic hydroxyl groups is 1. The lowest BCUT2D eigenvalue weighted by atomic mass is 10.0. The number of aromatic hydroxyl groups is 1. The van der Waals surface area contributed by atoms with E-state index in [2.05, 4.69) is 31.9 Å². The minimum Gasteiger partial charge on any atom is -0.508 e. The molecule has 2 rings (SSSR count). The standard InChI is InChI=1S/C39H57N9O11/c1-22(2)33(38(57)43-20-32(52)44-29(19-23-8-4-3-5-9-23)36(55)46-28(39(58)59)10-6-7-17-40)48-37(56)30(21-49)47-35(54)27(15-16-31(42)51)45-34(53)26(41)18-24-11-13-25(50)14-12-24/h3-5,8-9,11-14,22,26-30,33,49-50H,6-7,10,15-21,40-41H2,1-2H3,(H2,42,51)(H,43,57)(H,44,52)(H,45,53)(H,46,55)(H,47,54)(H,48,56)(H,58,59)/t26-,27-,28-,29-,30-,33-/m0/s1. The lowest BCUT2D eigenvalue weighted by Gasteiger charge is -2.26. The number of carbonyl (C=O) groups is 8. The number of amides is 7. The first-order valence-corrected chi connectivity index (χ1v) is 19.1. The van der Waals surface area contributed by atoms with Crippen LogP contribution in [0.25, 0.3) is 0 Å². The third-order valence-electron chi connectivity index (χ3n) is 9.02. The number of phenolic OH excluding ortho intramolecular Hbond substituents is 1.